The average Bonchev–Trinajstić information content (AvgIpc) is 2.27. The molecule has 0 radical (unpaired) electrons. The fourth-order valence-electron chi connectivity index (χ4n) is 2.25. The van der Waals surface area contributed by atoms with Crippen LogP contribution in [0.1, 0.15) is 18.1 Å². The molecule has 0 aliphatic carbocycles. The van der Waals surface area contributed by atoms with Gasteiger partial charge in [0.2, 0.25) is 0 Å². The van der Waals surface area contributed by atoms with Gasteiger partial charge in [-0.05, 0) is 30.2 Å². The molecule has 0 aliphatic heterocycles. The fourth-order valence-corrected chi connectivity index (χ4v) is 2.25. The Hall–Kier alpha value is -1.74. The van der Waals surface area contributed by atoms with Gasteiger partial charge >= 0.3 is 0 Å². The number of benzene rings is 2. The number of aliphatic hydroxyl groups is 1. The van der Waals surface area contributed by atoms with Gasteiger partial charge in [-0.3, -0.25) is 0 Å². The van der Waals surface area contributed by atoms with Crippen molar-refractivity contribution in [3.05, 3.63) is 71.3 Å². The van der Waals surface area contributed by atoms with Crippen LogP contribution in [-0.4, -0.2) is 10.7 Å². The van der Waals surface area contributed by atoms with E-state index in [0.29, 0.717) is 12.0 Å². The Kier molecular flexibility index (Phi) is 3.96. The molecular formula is C16H16F2O. The molecule has 2 aromatic carbocycles. The highest BCUT2D eigenvalue weighted by Gasteiger charge is 2.22. The molecule has 1 unspecified atom stereocenters. The third-order valence-corrected chi connectivity index (χ3v) is 2.94. The van der Waals surface area contributed by atoms with Crippen molar-refractivity contribution in [1.29, 1.82) is 0 Å². The van der Waals surface area contributed by atoms with Crippen molar-refractivity contribution in [2.45, 2.75) is 25.4 Å². The highest BCUT2D eigenvalue weighted by Crippen LogP contribution is 2.20. The lowest BCUT2D eigenvalue weighted by molar-refractivity contribution is 0.0607. The predicted molar refractivity (Wildman–Crippen MR) is 70.8 cm³/mol. The van der Waals surface area contributed by atoms with Crippen LogP contribution in [0, 0.1) is 11.6 Å². The molecule has 100 valence electrons. The van der Waals surface area contributed by atoms with E-state index in [1.807, 2.05) is 30.3 Å². The summed E-state index contributed by atoms with van der Waals surface area (Å²) < 4.78 is 26.2. The minimum Gasteiger partial charge on any atom is -0.389 e. The summed E-state index contributed by atoms with van der Waals surface area (Å²) in [6, 6.07) is 12.9. The topological polar surface area (TPSA) is 20.2 Å². The molecule has 0 spiro atoms. The first-order valence-corrected chi connectivity index (χ1v) is 6.16. The lowest BCUT2D eigenvalue weighted by Crippen LogP contribution is -2.30. The number of hydrogen-bond acceptors (Lipinski definition) is 1. The molecule has 0 saturated heterocycles. The Balaban J connectivity index is 2.12. The molecule has 3 heteroatoms. The summed E-state index contributed by atoms with van der Waals surface area (Å²) in [4.78, 5) is 0. The molecule has 0 heterocycles. The summed E-state index contributed by atoms with van der Waals surface area (Å²) in [6.07, 6.45) is 0.641. The summed E-state index contributed by atoms with van der Waals surface area (Å²) in [6.45, 7) is 1.67. The third-order valence-electron chi connectivity index (χ3n) is 2.94. The van der Waals surface area contributed by atoms with Crippen LogP contribution in [0.2, 0.25) is 0 Å². The van der Waals surface area contributed by atoms with Gasteiger partial charge in [-0.1, -0.05) is 30.3 Å². The van der Waals surface area contributed by atoms with Crippen molar-refractivity contribution in [2.24, 2.45) is 0 Å². The summed E-state index contributed by atoms with van der Waals surface area (Å²) in [7, 11) is 0. The maximum absolute atomic E-state index is 13.1. The Labute approximate surface area is 111 Å². The maximum atomic E-state index is 13.1. The summed E-state index contributed by atoms with van der Waals surface area (Å²) in [5, 5.41) is 10.4. The number of halogens is 2. The fraction of sp³-hybridized carbons (Fsp3) is 0.250. The van der Waals surface area contributed by atoms with E-state index in [2.05, 4.69) is 0 Å². The molecule has 0 aromatic heterocycles. The molecule has 2 aromatic rings. The largest absolute Gasteiger partial charge is 0.389 e. The second kappa shape index (κ2) is 5.49. The molecule has 1 nitrogen and oxygen atoms in total. The first-order chi connectivity index (χ1) is 8.94. The van der Waals surface area contributed by atoms with Crippen molar-refractivity contribution in [1.82, 2.24) is 0 Å². The van der Waals surface area contributed by atoms with Gasteiger partial charge in [-0.25, -0.2) is 8.78 Å². The van der Waals surface area contributed by atoms with Gasteiger partial charge < -0.3 is 5.11 Å². The second-order valence-electron chi connectivity index (χ2n) is 5.11. The lowest BCUT2D eigenvalue weighted by Gasteiger charge is -2.23. The van der Waals surface area contributed by atoms with Crippen LogP contribution in [0.5, 0.6) is 0 Å². The first kappa shape index (κ1) is 13.7. The molecule has 0 saturated carbocycles. The first-order valence-electron chi connectivity index (χ1n) is 6.16. The van der Waals surface area contributed by atoms with E-state index in [4.69, 9.17) is 0 Å². The third kappa shape index (κ3) is 4.14. The molecule has 0 bridgehead atoms. The van der Waals surface area contributed by atoms with E-state index in [1.54, 1.807) is 6.92 Å². The van der Waals surface area contributed by atoms with E-state index in [-0.39, 0.29) is 6.42 Å². The summed E-state index contributed by atoms with van der Waals surface area (Å²) in [5.41, 5.74) is 0.407. The highest BCUT2D eigenvalue weighted by atomic mass is 19.1. The monoisotopic (exact) mass is 262 g/mol. The molecule has 0 aliphatic rings. The zero-order valence-electron chi connectivity index (χ0n) is 10.7. The highest BCUT2D eigenvalue weighted by molar-refractivity contribution is 5.22. The van der Waals surface area contributed by atoms with Crippen molar-refractivity contribution in [3.63, 3.8) is 0 Å². The Bertz CT molecular complexity index is 530. The number of rotatable bonds is 4. The van der Waals surface area contributed by atoms with Gasteiger partial charge in [0, 0.05) is 18.9 Å². The van der Waals surface area contributed by atoms with Crippen LogP contribution in [0.4, 0.5) is 8.78 Å². The average molecular weight is 262 g/mol. The van der Waals surface area contributed by atoms with Crippen LogP contribution >= 0.6 is 0 Å². The Morgan fingerprint density at radius 1 is 0.895 bits per heavy atom. The summed E-state index contributed by atoms with van der Waals surface area (Å²) in [5.74, 6) is -1.24. The van der Waals surface area contributed by atoms with Crippen LogP contribution in [0.3, 0.4) is 0 Å². The Morgan fingerprint density at radius 2 is 1.42 bits per heavy atom. The quantitative estimate of drug-likeness (QED) is 0.894. The molecule has 1 atom stereocenters. The van der Waals surface area contributed by atoms with Crippen molar-refractivity contribution in [3.8, 4) is 0 Å². The molecule has 1 N–H and O–H groups in total. The van der Waals surface area contributed by atoms with Crippen LogP contribution in [0.25, 0.3) is 0 Å². The molecule has 0 amide bonds. The van der Waals surface area contributed by atoms with Crippen LogP contribution in [-0.2, 0) is 12.8 Å². The standard InChI is InChI=1S/C16H16F2O/c1-16(19,10-12-5-3-2-4-6-12)11-13-7-14(17)9-15(18)8-13/h2-9,19H,10-11H2,1H3. The van der Waals surface area contributed by atoms with E-state index >= 15 is 0 Å². The van der Waals surface area contributed by atoms with Gasteiger partial charge in [0.25, 0.3) is 0 Å². The maximum Gasteiger partial charge on any atom is 0.126 e. The van der Waals surface area contributed by atoms with Gasteiger partial charge in [-0.15, -0.1) is 0 Å². The van der Waals surface area contributed by atoms with Crippen LogP contribution < -0.4 is 0 Å². The van der Waals surface area contributed by atoms with E-state index in [0.717, 1.165) is 11.6 Å². The summed E-state index contributed by atoms with van der Waals surface area (Å²) >= 11 is 0. The second-order valence-corrected chi connectivity index (χ2v) is 5.11. The van der Waals surface area contributed by atoms with E-state index in [9.17, 15) is 13.9 Å². The molecule has 19 heavy (non-hydrogen) atoms. The lowest BCUT2D eigenvalue weighted by atomic mass is 9.90. The Morgan fingerprint density at radius 3 is 2.00 bits per heavy atom. The van der Waals surface area contributed by atoms with Gasteiger partial charge in [0.1, 0.15) is 11.6 Å². The van der Waals surface area contributed by atoms with Crippen molar-refractivity contribution < 1.29 is 13.9 Å². The minimum absolute atomic E-state index is 0.205. The zero-order chi connectivity index (χ0) is 13.9. The molecule has 0 fully saturated rings. The van der Waals surface area contributed by atoms with Gasteiger partial charge in [-0.2, -0.15) is 0 Å². The number of hydrogen-bond donors (Lipinski definition) is 1. The van der Waals surface area contributed by atoms with Gasteiger partial charge in [0.15, 0.2) is 0 Å². The van der Waals surface area contributed by atoms with Crippen LogP contribution in [0.15, 0.2) is 48.5 Å². The van der Waals surface area contributed by atoms with Crippen molar-refractivity contribution in [2.75, 3.05) is 0 Å². The smallest absolute Gasteiger partial charge is 0.126 e. The van der Waals surface area contributed by atoms with Gasteiger partial charge in [0.05, 0.1) is 5.60 Å². The molecule has 2 rings (SSSR count). The van der Waals surface area contributed by atoms with E-state index < -0.39 is 17.2 Å². The minimum atomic E-state index is -1.04. The normalized spacial score (nSPS) is 14.1. The predicted octanol–water partition coefficient (Wildman–Crippen LogP) is 3.50. The molecular weight excluding hydrogens is 246 g/mol. The zero-order valence-corrected chi connectivity index (χ0v) is 10.7. The van der Waals surface area contributed by atoms with Crippen molar-refractivity contribution >= 4 is 0 Å². The van der Waals surface area contributed by atoms with E-state index in [1.165, 1.54) is 12.1 Å². The SMILES string of the molecule is CC(O)(Cc1ccccc1)Cc1cc(F)cc(F)c1.